The SMILES string of the molecule is C=CC(=O)Nc1cccc(C(=O)N=S(C)(=O)[C@@H]2CCC[C@H](O)C2)c1. The molecule has 1 fully saturated rings. The Kier molecular flexibility index (Phi) is 5.90. The summed E-state index contributed by atoms with van der Waals surface area (Å²) in [6.45, 7) is 3.36. The molecule has 0 saturated heterocycles. The predicted molar refractivity (Wildman–Crippen MR) is 94.4 cm³/mol. The molecule has 0 bridgehead atoms. The van der Waals surface area contributed by atoms with E-state index < -0.39 is 21.7 Å². The van der Waals surface area contributed by atoms with E-state index in [4.69, 9.17) is 0 Å². The fourth-order valence-corrected chi connectivity index (χ4v) is 4.50. The van der Waals surface area contributed by atoms with Crippen LogP contribution in [-0.2, 0) is 14.5 Å². The third-order valence-electron chi connectivity index (χ3n) is 4.04. The molecule has 1 unspecified atom stereocenters. The fraction of sp³-hybridized carbons (Fsp3) is 0.412. The van der Waals surface area contributed by atoms with Gasteiger partial charge in [0.15, 0.2) is 0 Å². The number of aliphatic hydroxyl groups excluding tert-OH is 1. The van der Waals surface area contributed by atoms with Crippen LogP contribution in [0.2, 0.25) is 0 Å². The molecule has 1 aliphatic carbocycles. The van der Waals surface area contributed by atoms with E-state index in [-0.39, 0.29) is 16.7 Å². The standard InChI is InChI=1S/C17H22N2O4S/c1-3-16(21)18-13-7-4-6-12(10-13)17(22)19-24(2,23)15-9-5-8-14(20)11-15/h3-4,6-7,10,14-15,20H,1,5,8-9,11H2,2H3,(H,18,21)/t14-,15+,24?/m0/s1. The molecular formula is C17H22N2O4S. The Hall–Kier alpha value is -1.99. The normalized spacial score (nSPS) is 22.9. The lowest BCUT2D eigenvalue weighted by Gasteiger charge is -2.26. The third kappa shape index (κ3) is 4.75. The molecule has 0 spiro atoms. The number of hydrogen-bond acceptors (Lipinski definition) is 4. The number of carbonyl (C=O) groups is 2. The van der Waals surface area contributed by atoms with Gasteiger partial charge in [-0.05, 0) is 50.0 Å². The Morgan fingerprint density at radius 1 is 1.42 bits per heavy atom. The van der Waals surface area contributed by atoms with Crippen molar-refractivity contribution in [2.24, 2.45) is 4.36 Å². The second kappa shape index (κ2) is 7.72. The van der Waals surface area contributed by atoms with E-state index in [1.54, 1.807) is 18.2 Å². The van der Waals surface area contributed by atoms with Gasteiger partial charge in [-0.25, -0.2) is 4.21 Å². The molecule has 0 radical (unpaired) electrons. The first-order valence-corrected chi connectivity index (χ1v) is 9.77. The summed E-state index contributed by atoms with van der Waals surface area (Å²) in [5.74, 6) is -0.968. The van der Waals surface area contributed by atoms with Crippen molar-refractivity contribution in [2.75, 3.05) is 11.6 Å². The summed E-state index contributed by atoms with van der Waals surface area (Å²) in [5, 5.41) is 12.0. The predicted octanol–water partition coefficient (Wildman–Crippen LogP) is 2.35. The summed E-state index contributed by atoms with van der Waals surface area (Å²) in [6.07, 6.45) is 4.70. The van der Waals surface area contributed by atoms with Crippen LogP contribution in [0.15, 0.2) is 41.3 Å². The van der Waals surface area contributed by atoms with Crippen molar-refractivity contribution in [3.8, 4) is 0 Å². The first kappa shape index (κ1) is 18.4. The molecule has 2 rings (SSSR count). The summed E-state index contributed by atoms with van der Waals surface area (Å²) >= 11 is 0. The lowest BCUT2D eigenvalue weighted by Crippen LogP contribution is -2.30. The van der Waals surface area contributed by atoms with Crippen molar-refractivity contribution < 1.29 is 18.9 Å². The van der Waals surface area contributed by atoms with E-state index in [1.807, 2.05) is 0 Å². The molecule has 7 heteroatoms. The Bertz CT molecular complexity index is 766. The summed E-state index contributed by atoms with van der Waals surface area (Å²) in [4.78, 5) is 23.7. The number of nitrogens with one attached hydrogen (secondary N) is 1. The van der Waals surface area contributed by atoms with Gasteiger partial charge in [-0.3, -0.25) is 9.59 Å². The molecule has 1 aliphatic rings. The lowest BCUT2D eigenvalue weighted by atomic mass is 9.97. The first-order chi connectivity index (χ1) is 11.3. The maximum Gasteiger partial charge on any atom is 0.285 e. The van der Waals surface area contributed by atoms with E-state index in [9.17, 15) is 18.9 Å². The monoisotopic (exact) mass is 350 g/mol. The Morgan fingerprint density at radius 3 is 2.83 bits per heavy atom. The minimum Gasteiger partial charge on any atom is -0.393 e. The number of nitrogens with zero attached hydrogens (tertiary/aromatic N) is 1. The molecule has 130 valence electrons. The highest BCUT2D eigenvalue weighted by molar-refractivity contribution is 7.93. The minimum absolute atomic E-state index is 0.253. The van der Waals surface area contributed by atoms with Gasteiger partial charge in [0.05, 0.1) is 15.8 Å². The number of rotatable bonds is 4. The molecular weight excluding hydrogens is 328 g/mol. The Labute approximate surface area is 142 Å². The molecule has 0 heterocycles. The molecule has 3 atom stereocenters. The minimum atomic E-state index is -2.74. The molecule has 0 aromatic heterocycles. The van der Waals surface area contributed by atoms with Crippen molar-refractivity contribution in [3.05, 3.63) is 42.5 Å². The first-order valence-electron chi connectivity index (χ1n) is 7.78. The van der Waals surface area contributed by atoms with Crippen LogP contribution < -0.4 is 5.32 Å². The summed E-state index contributed by atoms with van der Waals surface area (Å²) < 4.78 is 16.7. The van der Waals surface area contributed by atoms with E-state index in [2.05, 4.69) is 16.3 Å². The molecule has 0 aliphatic heterocycles. The second-order valence-electron chi connectivity index (χ2n) is 5.97. The van der Waals surface area contributed by atoms with Gasteiger partial charge in [-0.2, -0.15) is 4.36 Å². The third-order valence-corrected chi connectivity index (χ3v) is 6.24. The average Bonchev–Trinajstić information content (AvgIpc) is 2.54. The highest BCUT2D eigenvalue weighted by atomic mass is 32.2. The van der Waals surface area contributed by atoms with Crippen LogP contribution in [-0.4, -0.2) is 38.7 Å². The van der Waals surface area contributed by atoms with Crippen LogP contribution >= 0.6 is 0 Å². The average molecular weight is 350 g/mol. The molecule has 1 aromatic rings. The van der Waals surface area contributed by atoms with E-state index >= 15 is 0 Å². The zero-order chi connectivity index (χ0) is 17.7. The highest BCUT2D eigenvalue weighted by Gasteiger charge is 2.27. The number of anilines is 1. The highest BCUT2D eigenvalue weighted by Crippen LogP contribution is 2.25. The van der Waals surface area contributed by atoms with Crippen LogP contribution in [0.5, 0.6) is 0 Å². The van der Waals surface area contributed by atoms with E-state index in [1.165, 1.54) is 12.3 Å². The topological polar surface area (TPSA) is 95.8 Å². The van der Waals surface area contributed by atoms with Crippen molar-refractivity contribution in [2.45, 2.75) is 37.0 Å². The summed E-state index contributed by atoms with van der Waals surface area (Å²) in [7, 11) is -2.74. The number of benzene rings is 1. The van der Waals surface area contributed by atoms with Gasteiger partial charge in [0.25, 0.3) is 5.91 Å². The summed E-state index contributed by atoms with van der Waals surface area (Å²) in [5.41, 5.74) is 0.694. The zero-order valence-corrected chi connectivity index (χ0v) is 14.4. The second-order valence-corrected chi connectivity index (χ2v) is 8.55. The van der Waals surface area contributed by atoms with Gasteiger partial charge >= 0.3 is 0 Å². The largest absolute Gasteiger partial charge is 0.393 e. The molecule has 1 aromatic carbocycles. The van der Waals surface area contributed by atoms with Crippen LogP contribution in [0, 0.1) is 0 Å². The van der Waals surface area contributed by atoms with Gasteiger partial charge in [0.2, 0.25) is 5.91 Å². The van der Waals surface area contributed by atoms with Crippen molar-refractivity contribution >= 4 is 27.2 Å². The zero-order valence-electron chi connectivity index (χ0n) is 13.6. The number of amides is 2. The molecule has 2 N–H and O–H groups in total. The number of carbonyl (C=O) groups excluding carboxylic acids is 2. The van der Waals surface area contributed by atoms with Crippen LogP contribution in [0.4, 0.5) is 5.69 Å². The lowest BCUT2D eigenvalue weighted by molar-refractivity contribution is -0.111. The van der Waals surface area contributed by atoms with Gasteiger partial charge < -0.3 is 10.4 Å². The van der Waals surface area contributed by atoms with Gasteiger partial charge in [-0.15, -0.1) is 0 Å². The van der Waals surface area contributed by atoms with Crippen molar-refractivity contribution in [1.82, 2.24) is 0 Å². The maximum absolute atomic E-state index is 12.8. The van der Waals surface area contributed by atoms with Crippen molar-refractivity contribution in [3.63, 3.8) is 0 Å². The summed E-state index contributed by atoms with van der Waals surface area (Å²) in [6, 6.07) is 6.29. The van der Waals surface area contributed by atoms with Crippen LogP contribution in [0.25, 0.3) is 0 Å². The molecule has 1 saturated carbocycles. The Balaban J connectivity index is 2.21. The maximum atomic E-state index is 12.8. The fourth-order valence-electron chi connectivity index (χ4n) is 2.73. The van der Waals surface area contributed by atoms with Gasteiger partial charge in [-0.1, -0.05) is 12.6 Å². The smallest absolute Gasteiger partial charge is 0.285 e. The quantitative estimate of drug-likeness (QED) is 0.815. The van der Waals surface area contributed by atoms with E-state index in [0.717, 1.165) is 12.5 Å². The van der Waals surface area contributed by atoms with Gasteiger partial charge in [0, 0.05) is 22.8 Å². The van der Waals surface area contributed by atoms with Crippen LogP contribution in [0.3, 0.4) is 0 Å². The Morgan fingerprint density at radius 2 is 2.17 bits per heavy atom. The molecule has 6 nitrogen and oxygen atoms in total. The van der Waals surface area contributed by atoms with E-state index in [0.29, 0.717) is 24.9 Å². The molecule has 2 amide bonds. The van der Waals surface area contributed by atoms with Crippen LogP contribution in [0.1, 0.15) is 36.0 Å². The molecule has 24 heavy (non-hydrogen) atoms. The van der Waals surface area contributed by atoms with Gasteiger partial charge in [0.1, 0.15) is 0 Å². The van der Waals surface area contributed by atoms with Crippen molar-refractivity contribution in [1.29, 1.82) is 0 Å². The number of aliphatic hydroxyl groups is 1. The number of hydrogen-bond donors (Lipinski definition) is 2.